The second kappa shape index (κ2) is 7.65. The van der Waals surface area contributed by atoms with Crippen molar-refractivity contribution in [2.45, 2.75) is 30.1 Å². The lowest BCUT2D eigenvalue weighted by atomic mass is 10.1. The molecule has 0 N–H and O–H groups in total. The van der Waals surface area contributed by atoms with Crippen LogP contribution >= 0.6 is 11.8 Å². The Morgan fingerprint density at radius 1 is 1.25 bits per heavy atom. The Bertz CT molecular complexity index is 651. The van der Waals surface area contributed by atoms with E-state index in [-0.39, 0.29) is 12.2 Å². The maximum atomic E-state index is 12.6. The number of esters is 1. The molecule has 4 nitrogen and oxygen atoms in total. The fourth-order valence-electron chi connectivity index (χ4n) is 1.64. The number of hydrogen-bond donors (Lipinski definition) is 0. The van der Waals surface area contributed by atoms with Gasteiger partial charge in [0.25, 0.3) is 0 Å². The third-order valence-electron chi connectivity index (χ3n) is 2.33. The monoisotopic (exact) mass is 373 g/mol. The highest BCUT2D eigenvalue weighted by Gasteiger charge is 2.37. The van der Waals surface area contributed by atoms with Crippen LogP contribution in [0, 0.1) is 11.3 Å². The quantitative estimate of drug-likeness (QED) is 0.440. The van der Waals surface area contributed by atoms with E-state index < -0.39 is 52.2 Å². The van der Waals surface area contributed by atoms with Crippen LogP contribution in [0.15, 0.2) is 17.0 Å². The van der Waals surface area contributed by atoms with Gasteiger partial charge in [-0.2, -0.15) is 18.4 Å². The predicted molar refractivity (Wildman–Crippen MR) is 70.1 cm³/mol. The van der Waals surface area contributed by atoms with Crippen molar-refractivity contribution in [3.05, 3.63) is 23.3 Å². The Balaban J connectivity index is 3.35. The second-order valence-electron chi connectivity index (χ2n) is 4.16. The number of rotatable bonds is 5. The molecular weight excluding hydrogens is 364 g/mol. The Kier molecular flexibility index (Phi) is 6.36. The first-order chi connectivity index (χ1) is 10.9. The molecule has 0 bridgehead atoms. The Morgan fingerprint density at radius 3 is 2.33 bits per heavy atom. The summed E-state index contributed by atoms with van der Waals surface area (Å²) in [6, 6.07) is 2.88. The largest absolute Gasteiger partial charge is 0.573 e. The molecule has 0 fully saturated rings. The number of benzene rings is 1. The van der Waals surface area contributed by atoms with E-state index in [1.807, 2.05) is 0 Å². The Hall–Kier alpha value is -2.09. The number of alkyl halides is 6. The fourth-order valence-corrected chi connectivity index (χ4v) is 2.35. The summed E-state index contributed by atoms with van der Waals surface area (Å²) in [6.45, 7) is 1.52. The first-order valence-corrected chi connectivity index (χ1v) is 7.01. The SMILES string of the molecule is CCOC(=O)Cc1cc(C#N)c(OC(F)(F)F)c(SC(F)(F)F)c1. The summed E-state index contributed by atoms with van der Waals surface area (Å²) in [5.41, 5.74) is -5.80. The van der Waals surface area contributed by atoms with Crippen molar-refractivity contribution in [3.63, 3.8) is 0 Å². The lowest BCUT2D eigenvalue weighted by Crippen LogP contribution is -2.19. The van der Waals surface area contributed by atoms with Gasteiger partial charge >= 0.3 is 17.8 Å². The van der Waals surface area contributed by atoms with Gasteiger partial charge in [0.1, 0.15) is 6.07 Å². The van der Waals surface area contributed by atoms with Gasteiger partial charge < -0.3 is 9.47 Å². The third-order valence-corrected chi connectivity index (χ3v) is 3.09. The van der Waals surface area contributed by atoms with Gasteiger partial charge in [-0.05, 0) is 36.4 Å². The van der Waals surface area contributed by atoms with Gasteiger partial charge in [-0.1, -0.05) is 0 Å². The number of carbonyl (C=O) groups excluding carboxylic acids is 1. The molecule has 0 aliphatic rings. The average molecular weight is 373 g/mol. The van der Waals surface area contributed by atoms with Crippen molar-refractivity contribution < 1.29 is 40.6 Å². The first kappa shape index (κ1) is 20.0. The molecule has 1 rings (SSSR count). The van der Waals surface area contributed by atoms with Crippen LogP contribution in [-0.2, 0) is 16.0 Å². The highest BCUT2D eigenvalue weighted by molar-refractivity contribution is 8.00. The zero-order valence-corrected chi connectivity index (χ0v) is 12.7. The topological polar surface area (TPSA) is 59.3 Å². The van der Waals surface area contributed by atoms with Crippen molar-refractivity contribution >= 4 is 17.7 Å². The van der Waals surface area contributed by atoms with E-state index >= 15 is 0 Å². The molecule has 0 atom stereocenters. The molecule has 11 heteroatoms. The van der Waals surface area contributed by atoms with Gasteiger partial charge in [0.05, 0.1) is 23.5 Å². The highest BCUT2D eigenvalue weighted by Crippen LogP contribution is 2.44. The van der Waals surface area contributed by atoms with Crippen LogP contribution in [0.5, 0.6) is 5.75 Å². The molecule has 0 saturated heterocycles. The van der Waals surface area contributed by atoms with Crippen molar-refractivity contribution in [2.24, 2.45) is 0 Å². The van der Waals surface area contributed by atoms with Crippen molar-refractivity contribution in [2.75, 3.05) is 6.61 Å². The average Bonchev–Trinajstić information content (AvgIpc) is 2.38. The molecule has 0 saturated carbocycles. The third kappa shape index (κ3) is 6.57. The van der Waals surface area contributed by atoms with Crippen LogP contribution < -0.4 is 4.74 Å². The van der Waals surface area contributed by atoms with Gasteiger partial charge in [0.15, 0.2) is 5.75 Å². The van der Waals surface area contributed by atoms with Crippen LogP contribution in [0.2, 0.25) is 0 Å². The normalized spacial score (nSPS) is 11.8. The van der Waals surface area contributed by atoms with Gasteiger partial charge in [-0.3, -0.25) is 4.79 Å². The van der Waals surface area contributed by atoms with Crippen molar-refractivity contribution in [3.8, 4) is 11.8 Å². The molecule has 0 radical (unpaired) electrons. The summed E-state index contributed by atoms with van der Waals surface area (Å²) >= 11 is -0.876. The molecule has 0 amide bonds. The lowest BCUT2D eigenvalue weighted by molar-refractivity contribution is -0.275. The van der Waals surface area contributed by atoms with Crippen LogP contribution in [-0.4, -0.2) is 24.4 Å². The van der Waals surface area contributed by atoms with Crippen LogP contribution in [0.3, 0.4) is 0 Å². The molecule has 0 aliphatic carbocycles. The lowest BCUT2D eigenvalue weighted by Gasteiger charge is -2.16. The summed E-state index contributed by atoms with van der Waals surface area (Å²) in [6.07, 6.45) is -5.78. The van der Waals surface area contributed by atoms with Gasteiger partial charge in [0.2, 0.25) is 0 Å². The van der Waals surface area contributed by atoms with Crippen LogP contribution in [0.1, 0.15) is 18.1 Å². The molecule has 1 aromatic carbocycles. The zero-order valence-electron chi connectivity index (χ0n) is 11.9. The highest BCUT2D eigenvalue weighted by atomic mass is 32.2. The van der Waals surface area contributed by atoms with Crippen molar-refractivity contribution in [1.82, 2.24) is 0 Å². The number of hydrogen-bond acceptors (Lipinski definition) is 5. The number of nitrogens with zero attached hydrogens (tertiary/aromatic N) is 1. The molecule has 0 aromatic heterocycles. The summed E-state index contributed by atoms with van der Waals surface area (Å²) in [4.78, 5) is 10.4. The van der Waals surface area contributed by atoms with Crippen molar-refractivity contribution in [1.29, 1.82) is 5.26 Å². The molecule has 0 unspecified atom stereocenters. The molecule has 0 aliphatic heterocycles. The minimum atomic E-state index is -5.28. The van der Waals surface area contributed by atoms with Gasteiger partial charge in [-0.25, -0.2) is 0 Å². The summed E-state index contributed by atoms with van der Waals surface area (Å²) < 4.78 is 83.0. The summed E-state index contributed by atoms with van der Waals surface area (Å²) in [5.74, 6) is -2.06. The molecule has 1 aromatic rings. The summed E-state index contributed by atoms with van der Waals surface area (Å²) in [7, 11) is 0. The molecular formula is C13H9F6NO3S. The Morgan fingerprint density at radius 2 is 1.88 bits per heavy atom. The fraction of sp³-hybridized carbons (Fsp3) is 0.385. The minimum absolute atomic E-state index is 0.0172. The van der Waals surface area contributed by atoms with E-state index in [9.17, 15) is 31.1 Å². The van der Waals surface area contributed by atoms with Gasteiger partial charge in [-0.15, -0.1) is 13.2 Å². The number of carbonyl (C=O) groups is 1. The van der Waals surface area contributed by atoms with Crippen LogP contribution in [0.4, 0.5) is 26.3 Å². The molecule has 0 heterocycles. The number of nitriles is 1. The van der Waals surface area contributed by atoms with E-state index in [1.54, 1.807) is 0 Å². The predicted octanol–water partition coefficient (Wildman–Crippen LogP) is 4.17. The number of ether oxygens (including phenoxy) is 2. The number of thioether (sulfide) groups is 1. The van der Waals surface area contributed by atoms with E-state index in [0.29, 0.717) is 6.07 Å². The summed E-state index contributed by atoms with van der Waals surface area (Å²) in [5, 5.41) is 8.90. The van der Waals surface area contributed by atoms with E-state index in [1.165, 1.54) is 13.0 Å². The van der Waals surface area contributed by atoms with E-state index in [0.717, 1.165) is 6.07 Å². The molecule has 132 valence electrons. The number of halogens is 6. The Labute approximate surface area is 136 Å². The van der Waals surface area contributed by atoms with E-state index in [2.05, 4.69) is 9.47 Å². The first-order valence-electron chi connectivity index (χ1n) is 6.19. The molecule has 24 heavy (non-hydrogen) atoms. The van der Waals surface area contributed by atoms with E-state index in [4.69, 9.17) is 5.26 Å². The maximum absolute atomic E-state index is 12.6. The zero-order chi connectivity index (χ0) is 18.5. The molecule has 0 spiro atoms. The maximum Gasteiger partial charge on any atom is 0.573 e. The van der Waals surface area contributed by atoms with Gasteiger partial charge in [0, 0.05) is 0 Å². The standard InChI is InChI=1S/C13H9F6NO3S/c1-2-22-10(21)5-7-3-8(6-20)11(23-12(14,15)16)9(4-7)24-13(17,18)19/h3-4H,2,5H2,1H3. The second-order valence-corrected chi connectivity index (χ2v) is 5.27. The van der Waals surface area contributed by atoms with Crippen LogP contribution in [0.25, 0.3) is 0 Å². The smallest absolute Gasteiger partial charge is 0.466 e. The minimum Gasteiger partial charge on any atom is -0.466 e.